The van der Waals surface area contributed by atoms with E-state index in [0.29, 0.717) is 16.6 Å². The summed E-state index contributed by atoms with van der Waals surface area (Å²) in [6.45, 7) is 1.41. The van der Waals surface area contributed by atoms with Crippen LogP contribution >= 0.6 is 0 Å². The molecule has 0 saturated heterocycles. The normalized spacial score (nSPS) is 11.1. The summed E-state index contributed by atoms with van der Waals surface area (Å²) in [6.07, 6.45) is 1.58. The smallest absolute Gasteiger partial charge is 0.331 e. The van der Waals surface area contributed by atoms with E-state index in [1.807, 2.05) is 0 Å². The zero-order valence-electron chi connectivity index (χ0n) is 10.1. The lowest BCUT2D eigenvalue weighted by atomic mass is 10.2. The molecule has 0 atom stereocenters. The Labute approximate surface area is 96.7 Å². The van der Waals surface area contributed by atoms with Crippen LogP contribution in [0.15, 0.2) is 15.8 Å². The minimum absolute atomic E-state index is 0.168. The summed E-state index contributed by atoms with van der Waals surface area (Å²) in [5, 5.41) is 0. The highest BCUT2D eigenvalue weighted by molar-refractivity contribution is 6.05. The van der Waals surface area contributed by atoms with Crippen molar-refractivity contribution in [1.29, 1.82) is 0 Å². The lowest BCUT2D eigenvalue weighted by Crippen LogP contribution is -2.37. The Balaban J connectivity index is 3.20. The molecule has 2 aromatic rings. The molecular weight excluding hydrogens is 222 g/mol. The van der Waals surface area contributed by atoms with Gasteiger partial charge in [-0.15, -0.1) is 0 Å². The topological polar surface area (TPSA) is 66.0 Å². The number of fused-ring (bicyclic) bond motifs is 1. The Morgan fingerprint density at radius 3 is 2.18 bits per heavy atom. The van der Waals surface area contributed by atoms with Crippen molar-refractivity contribution in [2.24, 2.45) is 21.1 Å². The van der Waals surface area contributed by atoms with Crippen molar-refractivity contribution < 1.29 is 4.79 Å². The van der Waals surface area contributed by atoms with Crippen LogP contribution in [0.5, 0.6) is 0 Å². The van der Waals surface area contributed by atoms with Gasteiger partial charge in [0.15, 0.2) is 5.78 Å². The number of aromatic nitrogens is 3. The van der Waals surface area contributed by atoms with Crippen molar-refractivity contribution in [3.05, 3.63) is 32.6 Å². The molecule has 0 radical (unpaired) electrons. The molecule has 0 aromatic carbocycles. The maximum absolute atomic E-state index is 12.0. The molecule has 0 amide bonds. The zero-order chi connectivity index (χ0) is 12.9. The van der Waals surface area contributed by atoms with Gasteiger partial charge in [0.25, 0.3) is 5.56 Å². The van der Waals surface area contributed by atoms with E-state index in [-0.39, 0.29) is 5.78 Å². The molecule has 6 heteroatoms. The second kappa shape index (κ2) is 3.44. The van der Waals surface area contributed by atoms with Gasteiger partial charge in [-0.25, -0.2) is 4.79 Å². The first-order chi connectivity index (χ1) is 7.86. The van der Waals surface area contributed by atoms with Gasteiger partial charge in [0.1, 0.15) is 5.52 Å². The molecule has 0 aliphatic rings. The Morgan fingerprint density at radius 1 is 1.06 bits per heavy atom. The molecule has 0 bridgehead atoms. The Morgan fingerprint density at radius 2 is 1.65 bits per heavy atom. The van der Waals surface area contributed by atoms with Gasteiger partial charge in [0, 0.05) is 27.3 Å². The average Bonchev–Trinajstić information content (AvgIpc) is 2.61. The zero-order valence-corrected chi connectivity index (χ0v) is 10.1. The fourth-order valence-electron chi connectivity index (χ4n) is 2.03. The highest BCUT2D eigenvalue weighted by Gasteiger charge is 2.18. The second-order valence-corrected chi connectivity index (χ2v) is 4.11. The van der Waals surface area contributed by atoms with E-state index in [1.54, 1.807) is 24.9 Å². The number of nitrogens with zero attached hydrogens (tertiary/aromatic N) is 3. The van der Waals surface area contributed by atoms with Crippen molar-refractivity contribution in [2.75, 3.05) is 0 Å². The standard InChI is InChI=1S/C11H13N3O3/c1-6(15)7-5-12(2)9-8(7)13(3)11(17)14(4)10(9)16/h5H,1-4H3. The van der Waals surface area contributed by atoms with Crippen molar-refractivity contribution in [3.8, 4) is 0 Å². The van der Waals surface area contributed by atoms with Gasteiger partial charge >= 0.3 is 5.69 Å². The van der Waals surface area contributed by atoms with Gasteiger partial charge in [0.2, 0.25) is 0 Å². The monoisotopic (exact) mass is 235 g/mol. The number of rotatable bonds is 1. The minimum Gasteiger partial charge on any atom is -0.344 e. The molecule has 2 aromatic heterocycles. The highest BCUT2D eigenvalue weighted by Crippen LogP contribution is 2.15. The predicted octanol–water partition coefficient (Wildman–Crippen LogP) is -0.222. The SMILES string of the molecule is CC(=O)c1cn(C)c2c(=O)n(C)c(=O)n(C)c12. The molecule has 17 heavy (non-hydrogen) atoms. The molecule has 0 aliphatic carbocycles. The predicted molar refractivity (Wildman–Crippen MR) is 63.4 cm³/mol. The van der Waals surface area contributed by atoms with E-state index < -0.39 is 11.2 Å². The molecule has 0 aliphatic heterocycles. The molecule has 2 heterocycles. The third-order valence-corrected chi connectivity index (χ3v) is 2.95. The first-order valence-corrected chi connectivity index (χ1v) is 5.12. The summed E-state index contributed by atoms with van der Waals surface area (Å²) in [4.78, 5) is 35.3. The number of aryl methyl sites for hydroxylation is 2. The van der Waals surface area contributed by atoms with Crippen LogP contribution in [-0.4, -0.2) is 19.5 Å². The highest BCUT2D eigenvalue weighted by atomic mass is 16.2. The van der Waals surface area contributed by atoms with Crippen molar-refractivity contribution >= 4 is 16.8 Å². The van der Waals surface area contributed by atoms with Crippen LogP contribution < -0.4 is 11.2 Å². The number of hydrogen-bond donors (Lipinski definition) is 0. The van der Waals surface area contributed by atoms with Crippen LogP contribution in [0.3, 0.4) is 0 Å². The molecule has 0 saturated carbocycles. The number of Topliss-reactive ketones (excluding diaryl/α,β-unsaturated/α-hetero) is 1. The maximum atomic E-state index is 12.0. The first-order valence-electron chi connectivity index (χ1n) is 5.12. The average molecular weight is 235 g/mol. The molecule has 0 fully saturated rings. The summed E-state index contributed by atoms with van der Waals surface area (Å²) < 4.78 is 3.94. The van der Waals surface area contributed by atoms with Crippen LogP contribution in [0.2, 0.25) is 0 Å². The van der Waals surface area contributed by atoms with Gasteiger partial charge in [-0.3, -0.25) is 18.7 Å². The molecular formula is C11H13N3O3. The Hall–Kier alpha value is -2.11. The third-order valence-electron chi connectivity index (χ3n) is 2.95. The quantitative estimate of drug-likeness (QED) is 0.642. The van der Waals surface area contributed by atoms with Crippen LogP contribution in [-0.2, 0) is 21.1 Å². The van der Waals surface area contributed by atoms with Crippen LogP contribution in [0.1, 0.15) is 17.3 Å². The molecule has 0 unspecified atom stereocenters. The number of carbonyl (C=O) groups is 1. The number of hydrogen-bond acceptors (Lipinski definition) is 3. The summed E-state index contributed by atoms with van der Waals surface area (Å²) in [5.41, 5.74) is 0.321. The Kier molecular flexibility index (Phi) is 2.30. The number of ketones is 1. The van der Waals surface area contributed by atoms with E-state index in [1.165, 1.54) is 18.5 Å². The lowest BCUT2D eigenvalue weighted by Gasteiger charge is -2.05. The summed E-state index contributed by atoms with van der Waals surface area (Å²) in [5.74, 6) is -0.168. The van der Waals surface area contributed by atoms with Crippen LogP contribution in [0.25, 0.3) is 11.0 Å². The molecule has 90 valence electrons. The summed E-state index contributed by atoms with van der Waals surface area (Å²) in [6, 6.07) is 0. The number of carbonyl (C=O) groups excluding carboxylic acids is 1. The maximum Gasteiger partial charge on any atom is 0.331 e. The van der Waals surface area contributed by atoms with Crippen molar-refractivity contribution in [3.63, 3.8) is 0 Å². The van der Waals surface area contributed by atoms with E-state index in [2.05, 4.69) is 0 Å². The van der Waals surface area contributed by atoms with Gasteiger partial charge in [0.05, 0.1) is 11.1 Å². The molecule has 6 nitrogen and oxygen atoms in total. The van der Waals surface area contributed by atoms with Crippen molar-refractivity contribution in [1.82, 2.24) is 13.7 Å². The lowest BCUT2D eigenvalue weighted by molar-refractivity contribution is 0.101. The first kappa shape index (κ1) is 11.4. The van der Waals surface area contributed by atoms with E-state index >= 15 is 0 Å². The fraction of sp³-hybridized carbons (Fsp3) is 0.364. The summed E-state index contributed by atoms with van der Waals surface area (Å²) in [7, 11) is 4.65. The van der Waals surface area contributed by atoms with E-state index in [9.17, 15) is 14.4 Å². The van der Waals surface area contributed by atoms with Gasteiger partial charge in [-0.1, -0.05) is 0 Å². The van der Waals surface area contributed by atoms with E-state index in [0.717, 1.165) is 4.57 Å². The molecule has 0 spiro atoms. The van der Waals surface area contributed by atoms with Crippen LogP contribution in [0, 0.1) is 0 Å². The Bertz CT molecular complexity index is 746. The fourth-order valence-corrected chi connectivity index (χ4v) is 2.03. The van der Waals surface area contributed by atoms with Crippen LogP contribution in [0.4, 0.5) is 0 Å². The van der Waals surface area contributed by atoms with Gasteiger partial charge < -0.3 is 4.57 Å². The van der Waals surface area contributed by atoms with Gasteiger partial charge in [-0.2, -0.15) is 0 Å². The summed E-state index contributed by atoms with van der Waals surface area (Å²) >= 11 is 0. The third kappa shape index (κ3) is 1.37. The minimum atomic E-state index is -0.434. The second-order valence-electron chi connectivity index (χ2n) is 4.11. The van der Waals surface area contributed by atoms with Crippen molar-refractivity contribution in [2.45, 2.75) is 6.92 Å². The van der Waals surface area contributed by atoms with Gasteiger partial charge in [-0.05, 0) is 6.92 Å². The largest absolute Gasteiger partial charge is 0.344 e. The molecule has 2 rings (SSSR count). The molecule has 0 N–H and O–H groups in total. The van der Waals surface area contributed by atoms with E-state index in [4.69, 9.17) is 0 Å².